The van der Waals surface area contributed by atoms with Crippen molar-refractivity contribution in [2.24, 2.45) is 5.10 Å². The minimum absolute atomic E-state index is 0.558. The minimum Gasteiger partial charge on any atom is -0.318 e. The molecule has 0 heterocycles. The quantitative estimate of drug-likeness (QED) is 0.502. The second-order valence-electron chi connectivity index (χ2n) is 4.57. The van der Waals surface area contributed by atoms with Crippen LogP contribution in [0, 0.1) is 6.92 Å². The number of carbonyl (C=O) groups excluding carboxylic acids is 2. The van der Waals surface area contributed by atoms with Crippen LogP contribution in [0.4, 0.5) is 5.69 Å². The molecule has 0 aliphatic carbocycles. The van der Waals surface area contributed by atoms with Gasteiger partial charge >= 0.3 is 11.8 Å². The van der Waals surface area contributed by atoms with Crippen LogP contribution in [0.3, 0.4) is 0 Å². The zero-order valence-electron chi connectivity index (χ0n) is 11.8. The molecule has 2 aromatic carbocycles. The molecule has 2 amide bonds. The fourth-order valence-corrected chi connectivity index (χ4v) is 1.85. The van der Waals surface area contributed by atoms with E-state index in [9.17, 15) is 9.59 Å². The van der Waals surface area contributed by atoms with E-state index in [1.807, 2.05) is 43.3 Å². The smallest absolute Gasteiger partial charge is 0.318 e. The molecule has 2 rings (SSSR count). The van der Waals surface area contributed by atoms with Crippen molar-refractivity contribution in [3.05, 3.63) is 64.1 Å². The molecule has 0 fully saturated rings. The van der Waals surface area contributed by atoms with Crippen LogP contribution in [0.1, 0.15) is 11.1 Å². The number of hydrazone groups is 1. The Morgan fingerprint density at radius 3 is 2.27 bits per heavy atom. The van der Waals surface area contributed by atoms with Gasteiger partial charge in [0.1, 0.15) is 0 Å². The summed E-state index contributed by atoms with van der Waals surface area (Å²) in [5.41, 5.74) is 4.62. The van der Waals surface area contributed by atoms with Crippen LogP contribution in [-0.4, -0.2) is 18.0 Å². The highest BCUT2D eigenvalue weighted by Crippen LogP contribution is 2.09. The van der Waals surface area contributed by atoms with Crippen molar-refractivity contribution in [3.63, 3.8) is 0 Å². The number of amides is 2. The third-order valence-electron chi connectivity index (χ3n) is 2.77. The number of rotatable bonds is 3. The lowest BCUT2D eigenvalue weighted by molar-refractivity contribution is -0.136. The van der Waals surface area contributed by atoms with Gasteiger partial charge in [0, 0.05) is 10.2 Å². The van der Waals surface area contributed by atoms with Gasteiger partial charge in [-0.1, -0.05) is 45.8 Å². The predicted octanol–water partition coefficient (Wildman–Crippen LogP) is 2.85. The Morgan fingerprint density at radius 1 is 1.00 bits per heavy atom. The fraction of sp³-hybridized carbons (Fsp3) is 0.0625. The van der Waals surface area contributed by atoms with Crippen molar-refractivity contribution in [1.29, 1.82) is 0 Å². The van der Waals surface area contributed by atoms with E-state index in [0.717, 1.165) is 15.6 Å². The molecule has 0 atom stereocenters. The first-order chi connectivity index (χ1) is 10.5. The molecular weight excluding hydrogens is 346 g/mol. The molecule has 0 unspecified atom stereocenters. The van der Waals surface area contributed by atoms with Crippen LogP contribution < -0.4 is 10.7 Å². The maximum Gasteiger partial charge on any atom is 0.329 e. The number of halogens is 1. The number of benzene rings is 2. The molecule has 2 aromatic rings. The van der Waals surface area contributed by atoms with Crippen LogP contribution in [-0.2, 0) is 9.59 Å². The molecule has 6 heteroatoms. The Kier molecular flexibility index (Phi) is 5.43. The molecular formula is C16H14BrN3O2. The Hall–Kier alpha value is -2.47. The zero-order valence-corrected chi connectivity index (χ0v) is 13.4. The van der Waals surface area contributed by atoms with Crippen LogP contribution in [0.25, 0.3) is 0 Å². The second-order valence-corrected chi connectivity index (χ2v) is 5.49. The molecule has 22 heavy (non-hydrogen) atoms. The fourth-order valence-electron chi connectivity index (χ4n) is 1.59. The third kappa shape index (κ3) is 4.82. The summed E-state index contributed by atoms with van der Waals surface area (Å²) in [5.74, 6) is -1.59. The van der Waals surface area contributed by atoms with Gasteiger partial charge in [0.2, 0.25) is 0 Å². The molecule has 5 nitrogen and oxygen atoms in total. The van der Waals surface area contributed by atoms with E-state index in [2.05, 4.69) is 31.8 Å². The third-order valence-corrected chi connectivity index (χ3v) is 3.29. The van der Waals surface area contributed by atoms with Crippen LogP contribution >= 0.6 is 15.9 Å². The van der Waals surface area contributed by atoms with Gasteiger partial charge in [0.15, 0.2) is 0 Å². The van der Waals surface area contributed by atoms with E-state index in [-0.39, 0.29) is 0 Å². The summed E-state index contributed by atoms with van der Waals surface area (Å²) in [5, 5.41) is 6.24. The molecule has 112 valence electrons. The Labute approximate surface area is 136 Å². The van der Waals surface area contributed by atoms with Gasteiger partial charge in [-0.15, -0.1) is 0 Å². The van der Waals surface area contributed by atoms with Crippen molar-refractivity contribution < 1.29 is 9.59 Å². The Bertz CT molecular complexity index is 694. The summed E-state index contributed by atoms with van der Waals surface area (Å²) in [6, 6.07) is 14.5. The molecule has 0 saturated carbocycles. The van der Waals surface area contributed by atoms with E-state index >= 15 is 0 Å². The van der Waals surface area contributed by atoms with E-state index in [1.54, 1.807) is 12.1 Å². The number of nitrogens with one attached hydrogen (secondary N) is 2. The van der Waals surface area contributed by atoms with Crippen LogP contribution in [0.2, 0.25) is 0 Å². The van der Waals surface area contributed by atoms with Crippen molar-refractivity contribution in [3.8, 4) is 0 Å². The topological polar surface area (TPSA) is 70.6 Å². The maximum absolute atomic E-state index is 11.7. The lowest BCUT2D eigenvalue weighted by atomic mass is 10.2. The largest absolute Gasteiger partial charge is 0.329 e. The first-order valence-electron chi connectivity index (χ1n) is 6.51. The van der Waals surface area contributed by atoms with Gasteiger partial charge in [-0.05, 0) is 36.8 Å². The average Bonchev–Trinajstić information content (AvgIpc) is 2.51. The molecule has 0 bridgehead atoms. The SMILES string of the molecule is Cc1ccc(NC(=O)C(=O)N/N=C/c2ccc(Br)cc2)cc1. The van der Waals surface area contributed by atoms with Crippen molar-refractivity contribution >= 4 is 39.6 Å². The standard InChI is InChI=1S/C16H14BrN3O2/c1-11-2-8-14(9-3-11)19-15(21)16(22)20-18-10-12-4-6-13(17)7-5-12/h2-10H,1H3,(H,19,21)(H,20,22)/b18-10+. The zero-order chi connectivity index (χ0) is 15.9. The van der Waals surface area contributed by atoms with Crippen molar-refractivity contribution in [2.75, 3.05) is 5.32 Å². The average molecular weight is 360 g/mol. The van der Waals surface area contributed by atoms with E-state index in [1.165, 1.54) is 6.21 Å². The number of hydrogen-bond acceptors (Lipinski definition) is 3. The van der Waals surface area contributed by atoms with Gasteiger partial charge in [0.05, 0.1) is 6.21 Å². The summed E-state index contributed by atoms with van der Waals surface area (Å²) in [4.78, 5) is 23.3. The molecule has 2 N–H and O–H groups in total. The normalized spacial score (nSPS) is 10.5. The lowest BCUT2D eigenvalue weighted by Crippen LogP contribution is -2.32. The maximum atomic E-state index is 11.7. The number of nitrogens with zero attached hydrogens (tertiary/aromatic N) is 1. The minimum atomic E-state index is -0.825. The summed E-state index contributed by atoms with van der Waals surface area (Å²) in [6.07, 6.45) is 1.46. The number of aryl methyl sites for hydroxylation is 1. The monoisotopic (exact) mass is 359 g/mol. The lowest BCUT2D eigenvalue weighted by Gasteiger charge is -2.04. The highest BCUT2D eigenvalue weighted by atomic mass is 79.9. The van der Waals surface area contributed by atoms with Crippen molar-refractivity contribution in [2.45, 2.75) is 6.92 Å². The summed E-state index contributed by atoms with van der Waals surface area (Å²) in [6.45, 7) is 1.94. The molecule has 0 spiro atoms. The predicted molar refractivity (Wildman–Crippen MR) is 89.7 cm³/mol. The first-order valence-corrected chi connectivity index (χ1v) is 7.30. The number of hydrogen-bond donors (Lipinski definition) is 2. The number of anilines is 1. The van der Waals surface area contributed by atoms with E-state index in [4.69, 9.17) is 0 Å². The van der Waals surface area contributed by atoms with E-state index in [0.29, 0.717) is 5.69 Å². The van der Waals surface area contributed by atoms with Gasteiger partial charge in [0.25, 0.3) is 0 Å². The summed E-state index contributed by atoms with van der Waals surface area (Å²) < 4.78 is 0.950. The Morgan fingerprint density at radius 2 is 1.64 bits per heavy atom. The summed E-state index contributed by atoms with van der Waals surface area (Å²) in [7, 11) is 0. The summed E-state index contributed by atoms with van der Waals surface area (Å²) >= 11 is 3.32. The van der Waals surface area contributed by atoms with E-state index < -0.39 is 11.8 Å². The van der Waals surface area contributed by atoms with Crippen LogP contribution in [0.5, 0.6) is 0 Å². The molecule has 0 radical (unpaired) electrons. The first kappa shape index (κ1) is 15.9. The number of carbonyl (C=O) groups is 2. The molecule has 0 aliphatic heterocycles. The van der Waals surface area contributed by atoms with Gasteiger partial charge in [-0.2, -0.15) is 5.10 Å². The molecule has 0 aromatic heterocycles. The Balaban J connectivity index is 1.87. The van der Waals surface area contributed by atoms with Gasteiger partial charge in [-0.25, -0.2) is 5.43 Å². The highest BCUT2D eigenvalue weighted by Gasteiger charge is 2.12. The highest BCUT2D eigenvalue weighted by molar-refractivity contribution is 9.10. The molecule has 0 saturated heterocycles. The second kappa shape index (κ2) is 7.51. The van der Waals surface area contributed by atoms with Gasteiger partial charge in [-0.3, -0.25) is 9.59 Å². The molecule has 0 aliphatic rings. The van der Waals surface area contributed by atoms with Gasteiger partial charge < -0.3 is 5.32 Å². The van der Waals surface area contributed by atoms with Crippen LogP contribution in [0.15, 0.2) is 58.1 Å². The van der Waals surface area contributed by atoms with Crippen molar-refractivity contribution in [1.82, 2.24) is 5.43 Å².